The first-order valence-corrected chi connectivity index (χ1v) is 6.56. The molecule has 0 aromatic carbocycles. The molecule has 16 heavy (non-hydrogen) atoms. The Morgan fingerprint density at radius 1 is 1.31 bits per heavy atom. The van der Waals surface area contributed by atoms with Gasteiger partial charge in [-0.05, 0) is 6.30 Å². The van der Waals surface area contributed by atoms with Crippen LogP contribution in [0, 0.1) is 5.92 Å². The molecule has 1 rings (SSSR count). The van der Waals surface area contributed by atoms with Gasteiger partial charge < -0.3 is 29.8 Å². The van der Waals surface area contributed by atoms with Gasteiger partial charge >= 0.3 is 0 Å². The summed E-state index contributed by atoms with van der Waals surface area (Å²) in [6.07, 6.45) is -1.55. The number of hydrogen-bond donors (Lipinski definition) is 5. The fourth-order valence-corrected chi connectivity index (χ4v) is 2.03. The predicted molar refractivity (Wildman–Crippen MR) is 56.5 cm³/mol. The lowest BCUT2D eigenvalue weighted by molar-refractivity contribution is -0.262. The first-order chi connectivity index (χ1) is 7.26. The zero-order valence-electron chi connectivity index (χ0n) is 8.80. The molecule has 0 spiro atoms. The van der Waals surface area contributed by atoms with Crippen LogP contribution in [0.25, 0.3) is 0 Å². The van der Waals surface area contributed by atoms with Crippen LogP contribution >= 0.6 is 7.57 Å². The van der Waals surface area contributed by atoms with Crippen LogP contribution in [0.15, 0.2) is 0 Å². The topological polar surface area (TPSA) is 120 Å². The van der Waals surface area contributed by atoms with Crippen molar-refractivity contribution in [2.45, 2.75) is 31.5 Å². The van der Waals surface area contributed by atoms with Gasteiger partial charge in [0.2, 0.25) is 7.57 Å². The molecule has 1 fully saturated rings. The van der Waals surface area contributed by atoms with Gasteiger partial charge in [-0.25, -0.2) is 0 Å². The maximum atomic E-state index is 9.66. The largest absolute Gasteiger partial charge is 0.394 e. The Kier molecular flexibility index (Phi) is 4.50. The quantitative estimate of drug-likeness (QED) is 0.380. The van der Waals surface area contributed by atoms with Crippen molar-refractivity contribution in [2.75, 3.05) is 6.61 Å². The maximum Gasteiger partial charge on any atom is 0.247 e. The summed E-state index contributed by atoms with van der Waals surface area (Å²) >= 11 is 0. The lowest BCUT2D eigenvalue weighted by atomic mass is 9.91. The van der Waals surface area contributed by atoms with Crippen LogP contribution in [-0.4, -0.2) is 62.6 Å². The Morgan fingerprint density at radius 2 is 1.88 bits per heavy atom. The molecule has 5 atom stereocenters. The Hall–Kier alpha value is 0.0200. The third-order valence-corrected chi connectivity index (χ3v) is 3.04. The highest BCUT2D eigenvalue weighted by atomic mass is 31.2. The van der Waals surface area contributed by atoms with Crippen LogP contribution in [0.5, 0.6) is 0 Å². The second kappa shape index (κ2) is 5.12. The molecule has 8 heteroatoms. The van der Waals surface area contributed by atoms with Crippen molar-refractivity contribution in [2.24, 2.45) is 5.92 Å². The van der Waals surface area contributed by atoms with Crippen molar-refractivity contribution < 1.29 is 34.4 Å². The van der Waals surface area contributed by atoms with Crippen LogP contribution in [0.4, 0.5) is 0 Å². The number of hydrogen-bond acceptors (Lipinski definition) is 7. The summed E-state index contributed by atoms with van der Waals surface area (Å²) < 4.78 is 9.66. The first kappa shape index (κ1) is 14.1. The standard InChI is InChI=1S/C8H17O7P/c1-4-6(10)5(3-9)14-8(7(4)11)15-16(2,12)13/h4-13H,2-3H2,1H3/t4-,5+,6-,7+,8+/m0/s1. The Balaban J connectivity index is 2.75. The highest BCUT2D eigenvalue weighted by Gasteiger charge is 2.43. The van der Waals surface area contributed by atoms with E-state index >= 15 is 0 Å². The molecule has 0 amide bonds. The molecule has 0 aromatic rings. The fraction of sp³-hybridized carbons (Fsp3) is 0.875. The van der Waals surface area contributed by atoms with E-state index in [9.17, 15) is 10.2 Å². The summed E-state index contributed by atoms with van der Waals surface area (Å²) in [5.74, 6) is -0.623. The van der Waals surface area contributed by atoms with E-state index in [4.69, 9.17) is 19.6 Å². The molecule has 0 radical (unpaired) electrons. The van der Waals surface area contributed by atoms with Gasteiger partial charge in [-0.3, -0.25) is 4.52 Å². The van der Waals surface area contributed by atoms with Gasteiger partial charge in [-0.1, -0.05) is 6.92 Å². The molecule has 0 aliphatic carbocycles. The van der Waals surface area contributed by atoms with Crippen LogP contribution < -0.4 is 0 Å². The molecule has 0 bridgehead atoms. The minimum Gasteiger partial charge on any atom is -0.394 e. The van der Waals surface area contributed by atoms with Crippen molar-refractivity contribution in [3.05, 3.63) is 0 Å². The third-order valence-electron chi connectivity index (χ3n) is 2.50. The summed E-state index contributed by atoms with van der Waals surface area (Å²) in [7, 11) is -3.80. The van der Waals surface area contributed by atoms with Gasteiger partial charge in [-0.2, -0.15) is 0 Å². The zero-order chi connectivity index (χ0) is 12.5. The fourth-order valence-electron chi connectivity index (χ4n) is 1.53. The Morgan fingerprint density at radius 3 is 2.31 bits per heavy atom. The molecule has 0 aromatic heterocycles. The van der Waals surface area contributed by atoms with Crippen molar-refractivity contribution in [3.63, 3.8) is 0 Å². The van der Waals surface area contributed by atoms with Gasteiger partial charge in [0.15, 0.2) is 6.29 Å². The molecule has 7 nitrogen and oxygen atoms in total. The van der Waals surface area contributed by atoms with Gasteiger partial charge in [-0.15, -0.1) is 0 Å². The number of ether oxygens (including phenoxy) is 1. The predicted octanol–water partition coefficient (Wildman–Crippen LogP) is -1.74. The smallest absolute Gasteiger partial charge is 0.247 e. The van der Waals surface area contributed by atoms with Crippen molar-refractivity contribution >= 4 is 13.9 Å². The molecule has 1 aliphatic heterocycles. The van der Waals surface area contributed by atoms with Crippen LogP contribution in [0.1, 0.15) is 6.92 Å². The number of aliphatic hydroxyl groups excluding tert-OH is 3. The van der Waals surface area contributed by atoms with Gasteiger partial charge in [0.1, 0.15) is 12.2 Å². The number of rotatable bonds is 3. The molecule has 0 saturated carbocycles. The average Bonchev–Trinajstić information content (AvgIpc) is 2.17. The Labute approximate surface area is 93.1 Å². The molecular formula is C8H17O7P. The SMILES string of the molecule is C=P(O)(O)O[C@H]1O[C@H](CO)[C@@H](O)[C@H](C)[C@H]1O. The van der Waals surface area contributed by atoms with E-state index in [1.54, 1.807) is 0 Å². The normalized spacial score (nSPS) is 41.0. The van der Waals surface area contributed by atoms with Crippen molar-refractivity contribution in [1.82, 2.24) is 0 Å². The number of aliphatic hydroxyl groups is 3. The molecule has 1 aliphatic rings. The maximum absolute atomic E-state index is 9.66. The average molecular weight is 256 g/mol. The molecular weight excluding hydrogens is 239 g/mol. The summed E-state index contributed by atoms with van der Waals surface area (Å²) in [5, 5.41) is 28.2. The molecule has 1 saturated heterocycles. The van der Waals surface area contributed by atoms with E-state index in [0.717, 1.165) is 0 Å². The molecule has 5 N–H and O–H groups in total. The zero-order valence-corrected chi connectivity index (χ0v) is 9.70. The summed E-state index contributed by atoms with van der Waals surface area (Å²) in [5.41, 5.74) is 0. The lowest BCUT2D eigenvalue weighted by Crippen LogP contribution is -2.54. The summed E-state index contributed by atoms with van der Waals surface area (Å²) in [6, 6.07) is 0. The summed E-state index contributed by atoms with van der Waals surface area (Å²) in [4.78, 5) is 18.0. The highest BCUT2D eigenvalue weighted by Crippen LogP contribution is 2.40. The minimum absolute atomic E-state index is 0.461. The van der Waals surface area contributed by atoms with E-state index in [0.29, 0.717) is 0 Å². The highest BCUT2D eigenvalue weighted by molar-refractivity contribution is 7.57. The van der Waals surface area contributed by atoms with E-state index in [1.807, 2.05) is 0 Å². The second-order valence-electron chi connectivity index (χ2n) is 3.84. The van der Waals surface area contributed by atoms with Gasteiger partial charge in [0.05, 0.1) is 12.7 Å². The Bertz CT molecular complexity index is 276. The van der Waals surface area contributed by atoms with E-state index in [-0.39, 0.29) is 0 Å². The van der Waals surface area contributed by atoms with Gasteiger partial charge in [0, 0.05) is 5.92 Å². The minimum atomic E-state index is -3.80. The van der Waals surface area contributed by atoms with Crippen molar-refractivity contribution in [3.8, 4) is 0 Å². The van der Waals surface area contributed by atoms with Crippen LogP contribution in [-0.2, 0) is 9.26 Å². The van der Waals surface area contributed by atoms with Crippen LogP contribution in [0.3, 0.4) is 0 Å². The first-order valence-electron chi connectivity index (χ1n) is 4.76. The molecule has 1 heterocycles. The molecule has 0 unspecified atom stereocenters. The monoisotopic (exact) mass is 256 g/mol. The van der Waals surface area contributed by atoms with Crippen LogP contribution in [0.2, 0.25) is 0 Å². The van der Waals surface area contributed by atoms with Gasteiger partial charge in [0.25, 0.3) is 0 Å². The molecule has 96 valence electrons. The third kappa shape index (κ3) is 3.26. The van der Waals surface area contributed by atoms with E-state index in [1.165, 1.54) is 6.92 Å². The second-order valence-corrected chi connectivity index (χ2v) is 5.38. The van der Waals surface area contributed by atoms with Crippen molar-refractivity contribution in [1.29, 1.82) is 0 Å². The summed E-state index contributed by atoms with van der Waals surface area (Å²) in [6.45, 7) is 1.08. The van der Waals surface area contributed by atoms with E-state index in [2.05, 4.69) is 10.8 Å². The lowest BCUT2D eigenvalue weighted by Gasteiger charge is -2.41. The van der Waals surface area contributed by atoms with E-state index < -0.39 is 44.7 Å².